The van der Waals surface area contributed by atoms with Gasteiger partial charge in [0, 0.05) is 17.5 Å². The lowest BCUT2D eigenvalue weighted by Gasteiger charge is -2.13. The number of amides is 1. The maximum Gasteiger partial charge on any atom is 0.257 e. The number of hydrogen-bond donors (Lipinski definition) is 1. The molecule has 2 aromatic carbocycles. The van der Waals surface area contributed by atoms with E-state index in [9.17, 15) is 4.79 Å². The highest BCUT2D eigenvalue weighted by Crippen LogP contribution is 2.38. The van der Waals surface area contributed by atoms with Gasteiger partial charge in [-0.3, -0.25) is 4.79 Å². The number of aryl methyl sites for hydroxylation is 2. The molecule has 1 N–H and O–H groups in total. The van der Waals surface area contributed by atoms with E-state index < -0.39 is 0 Å². The van der Waals surface area contributed by atoms with Crippen LogP contribution in [0.4, 0.5) is 5.82 Å². The summed E-state index contributed by atoms with van der Waals surface area (Å²) in [5, 5.41) is 9.26. The lowest BCUT2D eigenvalue weighted by Crippen LogP contribution is -2.13. The van der Waals surface area contributed by atoms with Crippen LogP contribution in [0.25, 0.3) is 21.9 Å². The maximum absolute atomic E-state index is 13.1. The number of methoxy groups -OCH3 is 3. The monoisotopic (exact) mass is 420 g/mol. The van der Waals surface area contributed by atoms with Crippen LogP contribution < -0.4 is 19.5 Å². The van der Waals surface area contributed by atoms with E-state index in [0.717, 1.165) is 27.5 Å². The smallest absolute Gasteiger partial charge is 0.257 e. The van der Waals surface area contributed by atoms with Gasteiger partial charge < -0.3 is 19.5 Å². The van der Waals surface area contributed by atoms with Crippen molar-refractivity contribution >= 4 is 33.7 Å². The number of hydrogen-bond acceptors (Lipinski definition) is 6. The Hall–Kier alpha value is -3.81. The normalized spacial score (nSPS) is 11.0. The van der Waals surface area contributed by atoms with Gasteiger partial charge in [-0.15, -0.1) is 0 Å². The first-order valence-electron chi connectivity index (χ1n) is 9.88. The minimum absolute atomic E-state index is 0.341. The molecule has 0 fully saturated rings. The summed E-state index contributed by atoms with van der Waals surface area (Å²) in [6.07, 6.45) is 0. The Morgan fingerprint density at radius 3 is 2.35 bits per heavy atom. The average molecular weight is 420 g/mol. The summed E-state index contributed by atoms with van der Waals surface area (Å²) in [7, 11) is 4.53. The molecule has 8 nitrogen and oxygen atoms in total. The molecule has 0 radical (unpaired) electrons. The highest BCUT2D eigenvalue weighted by Gasteiger charge is 2.20. The Morgan fingerprint density at radius 2 is 1.74 bits per heavy atom. The number of nitrogens with zero attached hydrogens (tertiary/aromatic N) is 3. The summed E-state index contributed by atoms with van der Waals surface area (Å²) in [5.41, 5.74) is 3.10. The fourth-order valence-electron chi connectivity index (χ4n) is 3.58. The zero-order valence-corrected chi connectivity index (χ0v) is 18.1. The standard InChI is InChI=1S/C23H24N4O4/c1-6-27-22-16(10-14-9-13(2)7-8-17(14)24-22)21(26-27)25-23(28)15-11-18(29-3)20(31-5)19(12-15)30-4/h7-12H,6H2,1-5H3,(H,25,26,28). The third-order valence-electron chi connectivity index (χ3n) is 5.13. The highest BCUT2D eigenvalue weighted by molar-refractivity contribution is 6.09. The van der Waals surface area contributed by atoms with Gasteiger partial charge in [-0.05, 0) is 44.2 Å². The quantitative estimate of drug-likeness (QED) is 0.503. The molecule has 2 heterocycles. The molecule has 0 aliphatic rings. The third-order valence-corrected chi connectivity index (χ3v) is 5.13. The zero-order valence-electron chi connectivity index (χ0n) is 18.1. The van der Waals surface area contributed by atoms with Gasteiger partial charge in [0.15, 0.2) is 23.0 Å². The number of pyridine rings is 1. The van der Waals surface area contributed by atoms with Crippen molar-refractivity contribution in [3.05, 3.63) is 47.5 Å². The first-order valence-corrected chi connectivity index (χ1v) is 9.88. The lowest BCUT2D eigenvalue weighted by molar-refractivity contribution is 0.102. The summed E-state index contributed by atoms with van der Waals surface area (Å²) in [4.78, 5) is 17.8. The van der Waals surface area contributed by atoms with Crippen LogP contribution >= 0.6 is 0 Å². The predicted molar refractivity (Wildman–Crippen MR) is 119 cm³/mol. The molecule has 0 atom stereocenters. The van der Waals surface area contributed by atoms with Gasteiger partial charge in [0.05, 0.1) is 32.2 Å². The van der Waals surface area contributed by atoms with E-state index in [2.05, 4.69) is 16.5 Å². The fourth-order valence-corrected chi connectivity index (χ4v) is 3.58. The van der Waals surface area contributed by atoms with E-state index in [4.69, 9.17) is 19.2 Å². The van der Waals surface area contributed by atoms with E-state index in [-0.39, 0.29) is 5.91 Å². The van der Waals surface area contributed by atoms with Gasteiger partial charge in [-0.1, -0.05) is 11.6 Å². The average Bonchev–Trinajstić information content (AvgIpc) is 3.12. The minimum atomic E-state index is -0.341. The van der Waals surface area contributed by atoms with E-state index in [1.807, 2.05) is 32.0 Å². The van der Waals surface area contributed by atoms with Crippen molar-refractivity contribution in [3.8, 4) is 17.2 Å². The number of ether oxygens (including phenoxy) is 3. The van der Waals surface area contributed by atoms with Gasteiger partial charge in [0.25, 0.3) is 5.91 Å². The number of benzene rings is 2. The van der Waals surface area contributed by atoms with Crippen molar-refractivity contribution < 1.29 is 19.0 Å². The highest BCUT2D eigenvalue weighted by atomic mass is 16.5. The summed E-state index contributed by atoms with van der Waals surface area (Å²) in [6.45, 7) is 4.64. The number of rotatable bonds is 6. The van der Waals surface area contributed by atoms with E-state index in [1.165, 1.54) is 21.3 Å². The number of carbonyl (C=O) groups is 1. The van der Waals surface area contributed by atoms with Crippen LogP contribution in [0.1, 0.15) is 22.8 Å². The van der Waals surface area contributed by atoms with Crippen LogP contribution in [0.3, 0.4) is 0 Å². The van der Waals surface area contributed by atoms with Crippen molar-refractivity contribution in [2.24, 2.45) is 0 Å². The summed E-state index contributed by atoms with van der Waals surface area (Å²) in [5.74, 6) is 1.34. The number of anilines is 1. The molecule has 0 spiro atoms. The van der Waals surface area contributed by atoms with Crippen LogP contribution in [-0.4, -0.2) is 42.0 Å². The van der Waals surface area contributed by atoms with Crippen molar-refractivity contribution in [3.63, 3.8) is 0 Å². The Bertz CT molecular complexity index is 1270. The Kier molecular flexibility index (Phi) is 5.37. The van der Waals surface area contributed by atoms with Crippen molar-refractivity contribution in [2.75, 3.05) is 26.6 Å². The molecular weight excluding hydrogens is 396 g/mol. The summed E-state index contributed by atoms with van der Waals surface area (Å²) in [6, 6.07) is 11.3. The molecule has 4 aromatic rings. The second-order valence-corrected chi connectivity index (χ2v) is 7.09. The Balaban J connectivity index is 1.78. The van der Waals surface area contributed by atoms with Crippen LogP contribution in [0.2, 0.25) is 0 Å². The van der Waals surface area contributed by atoms with Crippen molar-refractivity contribution in [1.82, 2.24) is 14.8 Å². The largest absolute Gasteiger partial charge is 0.493 e. The molecule has 8 heteroatoms. The third kappa shape index (κ3) is 3.61. The molecule has 31 heavy (non-hydrogen) atoms. The van der Waals surface area contributed by atoms with Gasteiger partial charge in [0.1, 0.15) is 0 Å². The zero-order chi connectivity index (χ0) is 22.1. The van der Waals surface area contributed by atoms with Gasteiger partial charge in [-0.25, -0.2) is 9.67 Å². The number of fused-ring (bicyclic) bond motifs is 2. The second kappa shape index (κ2) is 8.14. The Morgan fingerprint density at radius 1 is 1.03 bits per heavy atom. The molecular formula is C23H24N4O4. The molecule has 0 aliphatic carbocycles. The molecule has 1 amide bonds. The van der Waals surface area contributed by atoms with E-state index >= 15 is 0 Å². The molecule has 0 saturated carbocycles. The first-order chi connectivity index (χ1) is 15.0. The van der Waals surface area contributed by atoms with Crippen molar-refractivity contribution in [2.45, 2.75) is 20.4 Å². The number of nitrogens with one attached hydrogen (secondary N) is 1. The Labute approximate surface area is 179 Å². The van der Waals surface area contributed by atoms with Crippen LogP contribution in [-0.2, 0) is 6.54 Å². The fraction of sp³-hybridized carbons (Fsp3) is 0.261. The van der Waals surface area contributed by atoms with E-state index in [1.54, 1.807) is 16.8 Å². The van der Waals surface area contributed by atoms with Crippen LogP contribution in [0.5, 0.6) is 17.2 Å². The maximum atomic E-state index is 13.1. The predicted octanol–water partition coefficient (Wildman–Crippen LogP) is 4.19. The second-order valence-electron chi connectivity index (χ2n) is 7.09. The number of carbonyl (C=O) groups excluding carboxylic acids is 1. The number of aromatic nitrogens is 3. The SMILES string of the molecule is CCn1nc(NC(=O)c2cc(OC)c(OC)c(OC)c2)c2cc3cc(C)ccc3nc21. The van der Waals surface area contributed by atoms with Crippen LogP contribution in [0.15, 0.2) is 36.4 Å². The molecule has 4 rings (SSSR count). The van der Waals surface area contributed by atoms with Gasteiger partial charge in [-0.2, -0.15) is 5.10 Å². The topological polar surface area (TPSA) is 87.5 Å². The van der Waals surface area contributed by atoms with E-state index in [0.29, 0.717) is 35.2 Å². The molecule has 2 aromatic heterocycles. The molecule has 0 saturated heterocycles. The summed E-state index contributed by atoms with van der Waals surface area (Å²) < 4.78 is 17.8. The minimum Gasteiger partial charge on any atom is -0.493 e. The molecule has 0 aliphatic heterocycles. The molecule has 160 valence electrons. The molecule has 0 unspecified atom stereocenters. The van der Waals surface area contributed by atoms with Gasteiger partial charge >= 0.3 is 0 Å². The van der Waals surface area contributed by atoms with Gasteiger partial charge in [0.2, 0.25) is 5.75 Å². The van der Waals surface area contributed by atoms with Crippen molar-refractivity contribution in [1.29, 1.82) is 0 Å². The lowest BCUT2D eigenvalue weighted by atomic mass is 10.1. The van der Waals surface area contributed by atoms with Crippen LogP contribution in [0, 0.1) is 6.92 Å². The summed E-state index contributed by atoms with van der Waals surface area (Å²) >= 11 is 0. The molecule has 0 bridgehead atoms. The first kappa shape index (κ1) is 20.5.